The molecule has 2 aromatic carbocycles. The van der Waals surface area contributed by atoms with E-state index in [2.05, 4.69) is 16.7 Å². The lowest BCUT2D eigenvalue weighted by atomic mass is 9.91. The Labute approximate surface area is 188 Å². The van der Waals surface area contributed by atoms with Crippen molar-refractivity contribution >= 4 is 34.4 Å². The average molecular weight is 439 g/mol. The molecule has 0 aliphatic heterocycles. The van der Waals surface area contributed by atoms with E-state index < -0.39 is 0 Å². The van der Waals surface area contributed by atoms with E-state index in [4.69, 9.17) is 0 Å². The zero-order valence-electron chi connectivity index (χ0n) is 18.2. The summed E-state index contributed by atoms with van der Waals surface area (Å²) in [4.78, 5) is 36.5. The lowest BCUT2D eigenvalue weighted by molar-refractivity contribution is -0.125. The molecule has 0 saturated carbocycles. The molecular weight excluding hydrogens is 408 g/mol. The second-order valence-corrected chi connectivity index (χ2v) is 9.24. The first-order valence-corrected chi connectivity index (χ1v) is 11.8. The minimum Gasteiger partial charge on any atom is -0.348 e. The second-order valence-electron chi connectivity index (χ2n) is 8.21. The molecule has 0 fully saturated rings. The minimum atomic E-state index is -0.229. The number of rotatable bonds is 8. The fraction of sp³-hybridized carbons (Fsp3) is 0.400. The van der Waals surface area contributed by atoms with Crippen molar-refractivity contribution in [1.82, 2.24) is 5.32 Å². The number of nitrogens with one attached hydrogen (secondary N) is 2. The third-order valence-corrected chi connectivity index (χ3v) is 6.39. The van der Waals surface area contributed by atoms with Crippen molar-refractivity contribution in [2.75, 3.05) is 17.6 Å². The van der Waals surface area contributed by atoms with E-state index in [1.807, 2.05) is 50.2 Å². The van der Waals surface area contributed by atoms with Crippen LogP contribution in [0.4, 0.5) is 5.69 Å². The van der Waals surface area contributed by atoms with Gasteiger partial charge in [-0.2, -0.15) is 0 Å². The normalized spacial score (nSPS) is 13.7. The zero-order valence-corrected chi connectivity index (χ0v) is 19.0. The molecule has 2 aromatic rings. The molecule has 0 aromatic heterocycles. The molecule has 6 heteroatoms. The van der Waals surface area contributed by atoms with Gasteiger partial charge in [0.05, 0.1) is 12.3 Å². The summed E-state index contributed by atoms with van der Waals surface area (Å²) >= 11 is 0.926. The van der Waals surface area contributed by atoms with E-state index in [-0.39, 0.29) is 35.1 Å². The van der Waals surface area contributed by atoms with Crippen LogP contribution in [0.3, 0.4) is 0 Å². The molecule has 1 atom stereocenters. The highest BCUT2D eigenvalue weighted by atomic mass is 32.2. The molecule has 3 rings (SSSR count). The van der Waals surface area contributed by atoms with E-state index in [1.54, 1.807) is 0 Å². The number of hydrogen-bond donors (Lipinski definition) is 2. The first kappa shape index (κ1) is 23.1. The molecule has 1 aliphatic rings. The van der Waals surface area contributed by atoms with Gasteiger partial charge < -0.3 is 10.6 Å². The lowest BCUT2D eigenvalue weighted by Gasteiger charge is -2.16. The maximum atomic E-state index is 12.3. The molecule has 5 nitrogen and oxygen atoms in total. The molecule has 2 amide bonds. The SMILES string of the molecule is Cc1ccc(C[C@H](C)C(=O)NCC(=O)SCC(=O)Nc2ccc3c(c2)CCCC3)cc1. The fourth-order valence-electron chi connectivity index (χ4n) is 3.71. The molecule has 0 spiro atoms. The summed E-state index contributed by atoms with van der Waals surface area (Å²) in [5.41, 5.74) is 5.71. The zero-order chi connectivity index (χ0) is 22.2. The molecule has 0 saturated heterocycles. The van der Waals surface area contributed by atoms with Gasteiger partial charge in [-0.15, -0.1) is 0 Å². The Balaban J connectivity index is 1.37. The van der Waals surface area contributed by atoms with Crippen molar-refractivity contribution in [2.24, 2.45) is 5.92 Å². The highest BCUT2D eigenvalue weighted by Crippen LogP contribution is 2.24. The van der Waals surface area contributed by atoms with Crippen molar-refractivity contribution in [1.29, 1.82) is 0 Å². The summed E-state index contributed by atoms with van der Waals surface area (Å²) in [6.45, 7) is 3.79. The van der Waals surface area contributed by atoms with Gasteiger partial charge in [0.15, 0.2) is 0 Å². The van der Waals surface area contributed by atoms with Crippen LogP contribution in [0.25, 0.3) is 0 Å². The monoisotopic (exact) mass is 438 g/mol. The van der Waals surface area contributed by atoms with Crippen LogP contribution in [-0.4, -0.2) is 29.2 Å². The molecule has 0 radical (unpaired) electrons. The Hall–Kier alpha value is -2.60. The van der Waals surface area contributed by atoms with Crippen LogP contribution in [0, 0.1) is 12.8 Å². The van der Waals surface area contributed by atoms with Gasteiger partial charge >= 0.3 is 0 Å². The van der Waals surface area contributed by atoms with Crippen LogP contribution in [0.5, 0.6) is 0 Å². The van der Waals surface area contributed by atoms with E-state index in [1.165, 1.54) is 29.5 Å². The van der Waals surface area contributed by atoms with Gasteiger partial charge in [-0.3, -0.25) is 14.4 Å². The first-order chi connectivity index (χ1) is 14.9. The number of carbonyl (C=O) groups excluding carboxylic acids is 3. The lowest BCUT2D eigenvalue weighted by Crippen LogP contribution is -2.34. The van der Waals surface area contributed by atoms with Crippen LogP contribution < -0.4 is 10.6 Å². The van der Waals surface area contributed by atoms with Crippen molar-refractivity contribution in [3.05, 3.63) is 64.7 Å². The molecule has 0 heterocycles. The third-order valence-electron chi connectivity index (χ3n) is 5.51. The number of carbonyl (C=O) groups is 3. The summed E-state index contributed by atoms with van der Waals surface area (Å²) in [6.07, 6.45) is 5.18. The number of fused-ring (bicyclic) bond motifs is 1. The van der Waals surface area contributed by atoms with Gasteiger partial charge in [0, 0.05) is 11.6 Å². The van der Waals surface area contributed by atoms with Crippen molar-refractivity contribution in [3.8, 4) is 0 Å². The summed E-state index contributed by atoms with van der Waals surface area (Å²) in [5, 5.41) is 5.32. The quantitative estimate of drug-likeness (QED) is 0.652. The van der Waals surface area contributed by atoms with Gasteiger partial charge in [0.2, 0.25) is 16.9 Å². The Bertz CT molecular complexity index is 940. The summed E-state index contributed by atoms with van der Waals surface area (Å²) < 4.78 is 0. The number of anilines is 1. The largest absolute Gasteiger partial charge is 0.348 e. The Morgan fingerprint density at radius 2 is 1.71 bits per heavy atom. The van der Waals surface area contributed by atoms with Gasteiger partial charge in [-0.1, -0.05) is 54.6 Å². The van der Waals surface area contributed by atoms with E-state index in [0.29, 0.717) is 6.42 Å². The third kappa shape index (κ3) is 7.24. The molecular formula is C25H30N2O3S. The van der Waals surface area contributed by atoms with Crippen molar-refractivity contribution in [3.63, 3.8) is 0 Å². The first-order valence-electron chi connectivity index (χ1n) is 10.8. The maximum Gasteiger partial charge on any atom is 0.234 e. The van der Waals surface area contributed by atoms with E-state index in [9.17, 15) is 14.4 Å². The standard InChI is InChI=1S/C25H30N2O3S/c1-17-7-9-19(10-8-17)13-18(2)25(30)26-15-24(29)31-16-23(28)27-22-12-11-20-5-3-4-6-21(20)14-22/h7-12,14,18H,3-6,13,15-16H2,1-2H3,(H,26,30)(H,27,28)/t18-/m0/s1. The van der Waals surface area contributed by atoms with Gasteiger partial charge in [0.1, 0.15) is 0 Å². The Kier molecular flexibility index (Phi) is 8.29. The molecule has 31 heavy (non-hydrogen) atoms. The molecule has 1 aliphatic carbocycles. The van der Waals surface area contributed by atoms with Gasteiger partial charge in [0.25, 0.3) is 0 Å². The Morgan fingerprint density at radius 1 is 1.00 bits per heavy atom. The molecule has 164 valence electrons. The number of hydrogen-bond acceptors (Lipinski definition) is 4. The summed E-state index contributed by atoms with van der Waals surface area (Å²) in [7, 11) is 0. The highest BCUT2D eigenvalue weighted by Gasteiger charge is 2.16. The van der Waals surface area contributed by atoms with E-state index >= 15 is 0 Å². The van der Waals surface area contributed by atoms with Gasteiger partial charge in [-0.25, -0.2) is 0 Å². The molecule has 2 N–H and O–H groups in total. The number of amides is 2. The van der Waals surface area contributed by atoms with Crippen LogP contribution in [0.15, 0.2) is 42.5 Å². The summed E-state index contributed by atoms with van der Waals surface area (Å²) in [5.74, 6) is -0.570. The van der Waals surface area contributed by atoms with Crippen LogP contribution in [0.1, 0.15) is 42.0 Å². The minimum absolute atomic E-state index is 0.0324. The highest BCUT2D eigenvalue weighted by molar-refractivity contribution is 8.14. The van der Waals surface area contributed by atoms with Crippen LogP contribution in [0.2, 0.25) is 0 Å². The second kappa shape index (κ2) is 11.1. The van der Waals surface area contributed by atoms with E-state index in [0.717, 1.165) is 35.9 Å². The predicted molar refractivity (Wildman–Crippen MR) is 126 cm³/mol. The smallest absolute Gasteiger partial charge is 0.234 e. The Morgan fingerprint density at radius 3 is 2.45 bits per heavy atom. The van der Waals surface area contributed by atoms with Crippen LogP contribution in [-0.2, 0) is 33.6 Å². The average Bonchev–Trinajstić information content (AvgIpc) is 2.77. The number of thioether (sulfide) groups is 1. The van der Waals surface area contributed by atoms with Gasteiger partial charge in [-0.05, 0) is 67.9 Å². The predicted octanol–water partition coefficient (Wildman–Crippen LogP) is 4.07. The van der Waals surface area contributed by atoms with Crippen molar-refractivity contribution < 1.29 is 14.4 Å². The molecule has 0 unspecified atom stereocenters. The maximum absolute atomic E-state index is 12.3. The summed E-state index contributed by atoms with van der Waals surface area (Å²) in [6, 6.07) is 14.1. The number of benzene rings is 2. The molecule has 0 bridgehead atoms. The van der Waals surface area contributed by atoms with Crippen LogP contribution >= 0.6 is 11.8 Å². The van der Waals surface area contributed by atoms with Crippen molar-refractivity contribution in [2.45, 2.75) is 46.0 Å². The fourth-order valence-corrected chi connectivity index (χ4v) is 4.25. The topological polar surface area (TPSA) is 75.3 Å². The number of aryl methyl sites for hydroxylation is 3.